The summed E-state index contributed by atoms with van der Waals surface area (Å²) in [4.78, 5) is 11.8. The lowest BCUT2D eigenvalue weighted by Crippen LogP contribution is -2.40. The highest BCUT2D eigenvalue weighted by molar-refractivity contribution is 6.43. The molecule has 0 saturated carbocycles. The average Bonchev–Trinajstić information content (AvgIpc) is 2.64. The summed E-state index contributed by atoms with van der Waals surface area (Å²) in [6.07, 6.45) is 3.49. The fourth-order valence-corrected chi connectivity index (χ4v) is 4.68. The SMILES string of the molecule is Cc1nc(N2CCC(C)(CC(C)C)CC2)c(CO)nc1-c1cccc(Cl)c1Cl. The molecule has 0 amide bonds. The van der Waals surface area contributed by atoms with Crippen molar-refractivity contribution in [3.05, 3.63) is 39.6 Å². The molecule has 152 valence electrons. The van der Waals surface area contributed by atoms with Gasteiger partial charge in [-0.25, -0.2) is 9.97 Å². The second-order valence-electron chi connectivity index (χ2n) is 8.58. The van der Waals surface area contributed by atoms with Crippen LogP contribution in [0.4, 0.5) is 5.82 Å². The molecule has 4 nitrogen and oxygen atoms in total. The van der Waals surface area contributed by atoms with Crippen molar-refractivity contribution in [3.63, 3.8) is 0 Å². The Morgan fingerprint density at radius 3 is 2.46 bits per heavy atom. The van der Waals surface area contributed by atoms with Crippen LogP contribution in [0, 0.1) is 18.3 Å². The lowest BCUT2D eigenvalue weighted by Gasteiger charge is -2.41. The highest BCUT2D eigenvalue weighted by Gasteiger charge is 2.32. The molecule has 0 spiro atoms. The maximum atomic E-state index is 9.97. The Bertz CT molecular complexity index is 846. The van der Waals surface area contributed by atoms with Crippen molar-refractivity contribution in [1.82, 2.24) is 9.97 Å². The lowest BCUT2D eigenvalue weighted by molar-refractivity contribution is 0.198. The quantitative estimate of drug-likeness (QED) is 0.652. The second kappa shape index (κ2) is 8.56. The molecular formula is C22H29Cl2N3O. The van der Waals surface area contributed by atoms with E-state index in [4.69, 9.17) is 33.2 Å². The Balaban J connectivity index is 1.90. The summed E-state index contributed by atoms with van der Waals surface area (Å²) >= 11 is 12.6. The first kappa shape index (κ1) is 21.4. The van der Waals surface area contributed by atoms with Crippen molar-refractivity contribution in [3.8, 4) is 11.3 Å². The predicted molar refractivity (Wildman–Crippen MR) is 117 cm³/mol. The van der Waals surface area contributed by atoms with Crippen LogP contribution in [-0.4, -0.2) is 28.2 Å². The molecule has 1 aliphatic heterocycles. The van der Waals surface area contributed by atoms with E-state index in [0.717, 1.165) is 43.0 Å². The molecule has 2 aromatic rings. The van der Waals surface area contributed by atoms with Crippen LogP contribution in [0.5, 0.6) is 0 Å². The Morgan fingerprint density at radius 1 is 1.18 bits per heavy atom. The van der Waals surface area contributed by atoms with Gasteiger partial charge in [0.25, 0.3) is 0 Å². The number of halogens is 2. The van der Waals surface area contributed by atoms with E-state index in [0.29, 0.717) is 32.8 Å². The van der Waals surface area contributed by atoms with Crippen molar-refractivity contribution in [2.75, 3.05) is 18.0 Å². The summed E-state index contributed by atoms with van der Waals surface area (Å²) in [7, 11) is 0. The highest BCUT2D eigenvalue weighted by Crippen LogP contribution is 2.39. The lowest BCUT2D eigenvalue weighted by atomic mass is 9.74. The average molecular weight is 422 g/mol. The minimum absolute atomic E-state index is 0.159. The zero-order valence-electron chi connectivity index (χ0n) is 17.1. The Kier molecular flexibility index (Phi) is 6.53. The molecule has 0 unspecified atom stereocenters. The summed E-state index contributed by atoms with van der Waals surface area (Å²) in [6.45, 7) is 10.6. The largest absolute Gasteiger partial charge is 0.390 e. The van der Waals surface area contributed by atoms with Gasteiger partial charge in [-0.05, 0) is 43.6 Å². The summed E-state index contributed by atoms with van der Waals surface area (Å²) in [5, 5.41) is 10.9. The molecule has 0 radical (unpaired) electrons. The van der Waals surface area contributed by atoms with Crippen LogP contribution < -0.4 is 4.90 Å². The van der Waals surface area contributed by atoms with E-state index in [1.165, 1.54) is 6.42 Å². The third-order valence-electron chi connectivity index (χ3n) is 5.65. The molecule has 2 heterocycles. The first-order valence-electron chi connectivity index (χ1n) is 9.92. The number of piperidine rings is 1. The topological polar surface area (TPSA) is 49.2 Å². The summed E-state index contributed by atoms with van der Waals surface area (Å²) < 4.78 is 0. The van der Waals surface area contributed by atoms with Gasteiger partial charge < -0.3 is 10.0 Å². The van der Waals surface area contributed by atoms with E-state index in [-0.39, 0.29) is 6.61 Å². The van der Waals surface area contributed by atoms with Crippen molar-refractivity contribution in [2.24, 2.45) is 11.3 Å². The van der Waals surface area contributed by atoms with Gasteiger partial charge >= 0.3 is 0 Å². The molecule has 1 saturated heterocycles. The van der Waals surface area contributed by atoms with Crippen LogP contribution in [0.15, 0.2) is 18.2 Å². The molecular weight excluding hydrogens is 393 g/mol. The van der Waals surface area contributed by atoms with E-state index >= 15 is 0 Å². The Hall–Kier alpha value is -1.36. The summed E-state index contributed by atoms with van der Waals surface area (Å²) in [5.41, 5.74) is 3.15. The van der Waals surface area contributed by atoms with Gasteiger partial charge in [-0.15, -0.1) is 0 Å². The molecule has 0 atom stereocenters. The van der Waals surface area contributed by atoms with Crippen molar-refractivity contribution in [2.45, 2.75) is 53.6 Å². The zero-order valence-corrected chi connectivity index (χ0v) is 18.6. The van der Waals surface area contributed by atoms with Gasteiger partial charge in [-0.1, -0.05) is 56.1 Å². The maximum Gasteiger partial charge on any atom is 0.153 e. The molecule has 1 aliphatic rings. The number of hydrogen-bond donors (Lipinski definition) is 1. The second-order valence-corrected chi connectivity index (χ2v) is 9.37. The van der Waals surface area contributed by atoms with Crippen molar-refractivity contribution >= 4 is 29.0 Å². The molecule has 1 N–H and O–H groups in total. The first-order valence-corrected chi connectivity index (χ1v) is 10.7. The normalized spacial score (nSPS) is 16.6. The van der Waals surface area contributed by atoms with E-state index in [2.05, 4.69) is 25.7 Å². The fraction of sp³-hybridized carbons (Fsp3) is 0.545. The van der Waals surface area contributed by atoms with E-state index in [1.54, 1.807) is 6.07 Å². The number of aryl methyl sites for hydroxylation is 1. The molecule has 0 aliphatic carbocycles. The summed E-state index contributed by atoms with van der Waals surface area (Å²) in [5.74, 6) is 1.49. The third-order valence-corrected chi connectivity index (χ3v) is 6.47. The molecule has 1 aromatic heterocycles. The monoisotopic (exact) mass is 421 g/mol. The Morgan fingerprint density at radius 2 is 1.86 bits per heavy atom. The van der Waals surface area contributed by atoms with E-state index in [1.807, 2.05) is 19.1 Å². The molecule has 6 heteroatoms. The van der Waals surface area contributed by atoms with Crippen LogP contribution >= 0.6 is 23.2 Å². The number of hydrogen-bond acceptors (Lipinski definition) is 4. The standard InChI is InChI=1S/C22H29Cl2N3O/c1-14(2)12-22(4)8-10-27(11-9-22)21-18(13-28)26-20(15(3)25-21)16-6-5-7-17(23)19(16)24/h5-7,14,28H,8-13H2,1-4H3. The van der Waals surface area contributed by atoms with Crippen LogP contribution in [0.2, 0.25) is 10.0 Å². The van der Waals surface area contributed by atoms with Gasteiger partial charge in [-0.2, -0.15) is 0 Å². The number of benzene rings is 1. The molecule has 3 rings (SSSR count). The fourth-order valence-electron chi connectivity index (χ4n) is 4.29. The maximum absolute atomic E-state index is 9.97. The molecule has 0 bridgehead atoms. The van der Waals surface area contributed by atoms with Crippen LogP contribution in [-0.2, 0) is 6.61 Å². The number of aliphatic hydroxyl groups is 1. The van der Waals surface area contributed by atoms with E-state index < -0.39 is 0 Å². The highest BCUT2D eigenvalue weighted by atomic mass is 35.5. The molecule has 1 aromatic carbocycles. The van der Waals surface area contributed by atoms with Gasteiger partial charge in [-0.3, -0.25) is 0 Å². The van der Waals surface area contributed by atoms with Gasteiger partial charge in [0.05, 0.1) is 28.0 Å². The van der Waals surface area contributed by atoms with Gasteiger partial charge in [0.1, 0.15) is 5.69 Å². The third kappa shape index (κ3) is 4.45. The number of rotatable bonds is 5. The number of aromatic nitrogens is 2. The number of aliphatic hydroxyl groups excluding tert-OH is 1. The van der Waals surface area contributed by atoms with Crippen LogP contribution in [0.25, 0.3) is 11.3 Å². The van der Waals surface area contributed by atoms with Gasteiger partial charge in [0.2, 0.25) is 0 Å². The van der Waals surface area contributed by atoms with Gasteiger partial charge in [0, 0.05) is 18.7 Å². The predicted octanol–water partition coefficient (Wildman–Crippen LogP) is 5.90. The van der Waals surface area contributed by atoms with Crippen molar-refractivity contribution in [1.29, 1.82) is 0 Å². The zero-order chi connectivity index (χ0) is 20.5. The molecule has 28 heavy (non-hydrogen) atoms. The first-order chi connectivity index (χ1) is 13.2. The molecule has 1 fully saturated rings. The number of nitrogens with zero attached hydrogens (tertiary/aromatic N) is 3. The minimum atomic E-state index is -0.159. The smallest absolute Gasteiger partial charge is 0.153 e. The summed E-state index contributed by atoms with van der Waals surface area (Å²) in [6, 6.07) is 5.47. The van der Waals surface area contributed by atoms with Crippen molar-refractivity contribution < 1.29 is 5.11 Å². The number of anilines is 1. The van der Waals surface area contributed by atoms with Crippen LogP contribution in [0.3, 0.4) is 0 Å². The van der Waals surface area contributed by atoms with Gasteiger partial charge in [0.15, 0.2) is 5.82 Å². The Labute approximate surface area is 177 Å². The van der Waals surface area contributed by atoms with Crippen LogP contribution in [0.1, 0.15) is 51.4 Å². The minimum Gasteiger partial charge on any atom is -0.390 e. The van der Waals surface area contributed by atoms with E-state index in [9.17, 15) is 5.11 Å².